The molecule has 0 saturated carbocycles. The average Bonchev–Trinajstić information content (AvgIpc) is 3.34. The molecule has 0 bridgehead atoms. The predicted octanol–water partition coefficient (Wildman–Crippen LogP) is 3.30. The van der Waals surface area contributed by atoms with Crippen LogP contribution in [0.4, 0.5) is 5.95 Å². The van der Waals surface area contributed by atoms with Gasteiger partial charge in [-0.3, -0.25) is 14.9 Å². The van der Waals surface area contributed by atoms with Crippen LogP contribution in [0.2, 0.25) is 4.47 Å². The fourth-order valence-corrected chi connectivity index (χ4v) is 7.41. The monoisotopic (exact) mass is 607 g/mol. The molecule has 9 nitrogen and oxygen atoms in total. The van der Waals surface area contributed by atoms with E-state index < -0.39 is 11.0 Å². The summed E-state index contributed by atoms with van der Waals surface area (Å²) in [5.74, 6) is 0.539. The van der Waals surface area contributed by atoms with Crippen LogP contribution in [0.5, 0.6) is 0 Å². The van der Waals surface area contributed by atoms with Crippen LogP contribution in [-0.2, 0) is 17.4 Å². The van der Waals surface area contributed by atoms with Crippen LogP contribution in [0.1, 0.15) is 50.2 Å². The van der Waals surface area contributed by atoms with Crippen molar-refractivity contribution in [2.24, 2.45) is 5.41 Å². The zero-order valence-corrected chi connectivity index (χ0v) is 22.3. The van der Waals surface area contributed by atoms with Crippen molar-refractivity contribution in [1.29, 1.82) is 0 Å². The minimum Gasteiger partial charge on any atom is -0.342 e. The number of aromatic nitrogens is 5. The molecule has 0 unspecified atom stereocenters. The van der Waals surface area contributed by atoms with Gasteiger partial charge in [0.1, 0.15) is 9.09 Å². The number of hydrogen-bond acceptors (Lipinski definition) is 7. The second kappa shape index (κ2) is 8.00. The van der Waals surface area contributed by atoms with Crippen molar-refractivity contribution in [1.82, 2.24) is 29.9 Å². The summed E-state index contributed by atoms with van der Waals surface area (Å²) in [6, 6.07) is -0.120. The summed E-state index contributed by atoms with van der Waals surface area (Å²) in [4.78, 5) is 27.9. The molecule has 4 heterocycles. The Kier molecular flexibility index (Phi) is 5.67. The van der Waals surface area contributed by atoms with E-state index >= 15 is 0 Å². The van der Waals surface area contributed by atoms with Gasteiger partial charge in [-0.25, -0.2) is 13.9 Å². The van der Waals surface area contributed by atoms with E-state index in [2.05, 4.69) is 34.8 Å². The summed E-state index contributed by atoms with van der Waals surface area (Å²) in [5, 5.41) is 7.45. The second-order valence-electron chi connectivity index (χ2n) is 9.36. The van der Waals surface area contributed by atoms with Crippen molar-refractivity contribution in [3.8, 4) is 0 Å². The van der Waals surface area contributed by atoms with Gasteiger partial charge in [0.05, 0.1) is 27.5 Å². The standard InChI is InChI=1S/C19H23ClIN7O2S2/c1-18(2,3)32(30)27-12-11-9(31-16(20)22-11)8-19(12)4-6-28(7-5-19)17-23-14-10(15(29)24-17)13(21)25-26-14/h12,27H,4-8H2,1-3H3,(H2,23,24,25,26,29)/t12-,32+/m1/s1. The first-order chi connectivity index (χ1) is 15.1. The quantitative estimate of drug-likeness (QED) is 0.393. The molecule has 32 heavy (non-hydrogen) atoms. The highest BCUT2D eigenvalue weighted by molar-refractivity contribution is 14.1. The maximum Gasteiger partial charge on any atom is 0.264 e. The van der Waals surface area contributed by atoms with Gasteiger partial charge in [-0.1, -0.05) is 11.6 Å². The highest BCUT2D eigenvalue weighted by Crippen LogP contribution is 2.54. The molecule has 1 fully saturated rings. The number of piperidine rings is 1. The lowest BCUT2D eigenvalue weighted by atomic mass is 9.73. The number of anilines is 1. The first-order valence-corrected chi connectivity index (χ1v) is 13.7. The Morgan fingerprint density at radius 2 is 2.03 bits per heavy atom. The van der Waals surface area contributed by atoms with Crippen LogP contribution in [0.25, 0.3) is 11.0 Å². The van der Waals surface area contributed by atoms with Crippen LogP contribution >= 0.6 is 45.5 Å². The van der Waals surface area contributed by atoms with Gasteiger partial charge in [0.2, 0.25) is 5.95 Å². The molecule has 1 aliphatic carbocycles. The fraction of sp³-hybridized carbons (Fsp3) is 0.579. The Labute approximate surface area is 209 Å². The lowest BCUT2D eigenvalue weighted by molar-refractivity contribution is 0.175. The molecule has 13 heteroatoms. The Morgan fingerprint density at radius 3 is 2.72 bits per heavy atom. The van der Waals surface area contributed by atoms with Gasteiger partial charge in [0.25, 0.3) is 5.56 Å². The second-order valence-corrected chi connectivity index (χ2v) is 14.1. The minimum absolute atomic E-state index is 0.0950. The maximum atomic E-state index is 13.0. The third-order valence-corrected chi connectivity index (χ3v) is 9.83. The van der Waals surface area contributed by atoms with E-state index in [9.17, 15) is 9.00 Å². The summed E-state index contributed by atoms with van der Waals surface area (Å²) in [5.41, 5.74) is 1.08. The summed E-state index contributed by atoms with van der Waals surface area (Å²) in [6.45, 7) is 7.33. The number of thiazole rings is 1. The number of aromatic amines is 2. The Bertz CT molecular complexity index is 1270. The Hall–Kier alpha value is -1.09. The number of rotatable bonds is 3. The molecule has 172 valence electrons. The number of hydrogen-bond donors (Lipinski definition) is 3. The molecule has 1 saturated heterocycles. The lowest BCUT2D eigenvalue weighted by Gasteiger charge is -2.43. The topological polar surface area (TPSA) is 120 Å². The van der Waals surface area contributed by atoms with Crippen molar-refractivity contribution in [2.45, 2.75) is 50.8 Å². The van der Waals surface area contributed by atoms with E-state index in [-0.39, 0.29) is 21.8 Å². The SMILES string of the molecule is CC(C)(C)[S@](=O)N[C@@H]1c2nc(Cl)sc2CC12CCN(c1nc3n[nH]c(I)c3c(=O)[nH]1)CC2. The highest BCUT2D eigenvalue weighted by Gasteiger charge is 2.51. The number of nitrogens with zero attached hydrogens (tertiary/aromatic N) is 4. The number of nitrogens with one attached hydrogen (secondary N) is 3. The highest BCUT2D eigenvalue weighted by atomic mass is 127. The molecule has 5 rings (SSSR count). The van der Waals surface area contributed by atoms with E-state index in [1.165, 1.54) is 16.2 Å². The largest absolute Gasteiger partial charge is 0.342 e. The summed E-state index contributed by atoms with van der Waals surface area (Å²) in [7, 11) is -1.23. The first kappa shape index (κ1) is 22.7. The zero-order valence-electron chi connectivity index (χ0n) is 17.8. The molecule has 3 N–H and O–H groups in total. The average molecular weight is 608 g/mol. The maximum absolute atomic E-state index is 13.0. The third kappa shape index (κ3) is 3.81. The van der Waals surface area contributed by atoms with Gasteiger partial charge in [0.15, 0.2) is 10.1 Å². The molecule has 0 aromatic carbocycles. The molecular formula is C19H23ClIN7O2S2. The Balaban J connectivity index is 1.41. The van der Waals surface area contributed by atoms with Crippen LogP contribution in [-0.4, -0.2) is 47.2 Å². The molecule has 1 aliphatic heterocycles. The molecule has 0 amide bonds. The lowest BCUT2D eigenvalue weighted by Crippen LogP contribution is -2.48. The van der Waals surface area contributed by atoms with E-state index in [0.29, 0.717) is 25.1 Å². The van der Waals surface area contributed by atoms with E-state index in [4.69, 9.17) is 11.6 Å². The van der Waals surface area contributed by atoms with Gasteiger partial charge in [-0.05, 0) is 62.6 Å². The number of fused-ring (bicyclic) bond motifs is 2. The van der Waals surface area contributed by atoms with Gasteiger partial charge in [0, 0.05) is 23.4 Å². The van der Waals surface area contributed by atoms with E-state index in [1.807, 2.05) is 43.4 Å². The fourth-order valence-electron chi connectivity index (χ4n) is 4.53. The normalized spacial score (nSPS) is 21.4. The molecule has 2 aliphatic rings. The molecule has 2 atom stereocenters. The molecular weight excluding hydrogens is 585 g/mol. The minimum atomic E-state index is -1.23. The van der Waals surface area contributed by atoms with Crippen molar-refractivity contribution in [2.75, 3.05) is 18.0 Å². The number of H-pyrrole nitrogens is 2. The summed E-state index contributed by atoms with van der Waals surface area (Å²) >= 11 is 9.77. The van der Waals surface area contributed by atoms with Crippen LogP contribution in [0, 0.1) is 9.12 Å². The van der Waals surface area contributed by atoms with Gasteiger partial charge in [-0.2, -0.15) is 10.1 Å². The Morgan fingerprint density at radius 1 is 1.31 bits per heavy atom. The number of halogens is 2. The first-order valence-electron chi connectivity index (χ1n) is 10.3. The molecule has 0 radical (unpaired) electrons. The molecule has 3 aromatic rings. The van der Waals surface area contributed by atoms with Gasteiger partial charge >= 0.3 is 0 Å². The van der Waals surface area contributed by atoms with Crippen LogP contribution in [0.3, 0.4) is 0 Å². The van der Waals surface area contributed by atoms with Crippen molar-refractivity contribution < 1.29 is 4.21 Å². The molecule has 3 aromatic heterocycles. The van der Waals surface area contributed by atoms with E-state index in [0.717, 1.165) is 38.0 Å². The predicted molar refractivity (Wildman–Crippen MR) is 136 cm³/mol. The van der Waals surface area contributed by atoms with Crippen LogP contribution < -0.4 is 15.2 Å². The van der Waals surface area contributed by atoms with Crippen molar-refractivity contribution in [3.63, 3.8) is 0 Å². The van der Waals surface area contributed by atoms with Gasteiger partial charge < -0.3 is 4.90 Å². The van der Waals surface area contributed by atoms with E-state index in [1.54, 1.807) is 0 Å². The zero-order chi connectivity index (χ0) is 22.8. The van der Waals surface area contributed by atoms with Gasteiger partial charge in [-0.15, -0.1) is 11.3 Å². The smallest absolute Gasteiger partial charge is 0.264 e. The van der Waals surface area contributed by atoms with Crippen molar-refractivity contribution >= 4 is 73.5 Å². The third-order valence-electron chi connectivity index (χ3n) is 6.31. The summed E-state index contributed by atoms with van der Waals surface area (Å²) in [6.07, 6.45) is 2.57. The summed E-state index contributed by atoms with van der Waals surface area (Å²) < 4.78 is 17.2. The van der Waals surface area contributed by atoms with Crippen LogP contribution in [0.15, 0.2) is 4.79 Å². The molecule has 1 spiro atoms. The van der Waals surface area contributed by atoms with Crippen molar-refractivity contribution in [3.05, 3.63) is 29.1 Å².